The van der Waals surface area contributed by atoms with Crippen molar-refractivity contribution >= 4 is 5.82 Å². The molecule has 1 aromatic rings. The van der Waals surface area contributed by atoms with Crippen molar-refractivity contribution < 1.29 is 0 Å². The second-order valence-electron chi connectivity index (χ2n) is 5.59. The van der Waals surface area contributed by atoms with Gasteiger partial charge in [-0.1, -0.05) is 26.7 Å². The largest absolute Gasteiger partial charge is 0.355 e. The Morgan fingerprint density at radius 3 is 2.32 bits per heavy atom. The number of nitrogens with one attached hydrogen (secondary N) is 1. The van der Waals surface area contributed by atoms with Crippen LogP contribution in [0.5, 0.6) is 0 Å². The second-order valence-corrected chi connectivity index (χ2v) is 5.59. The zero-order chi connectivity index (χ0) is 13.7. The van der Waals surface area contributed by atoms with Crippen LogP contribution in [0.2, 0.25) is 0 Å². The quantitative estimate of drug-likeness (QED) is 0.885. The highest BCUT2D eigenvalue weighted by Crippen LogP contribution is 2.38. The van der Waals surface area contributed by atoms with Gasteiger partial charge in [0.2, 0.25) is 0 Å². The van der Waals surface area contributed by atoms with Gasteiger partial charge in [-0.3, -0.25) is 4.98 Å². The van der Waals surface area contributed by atoms with Crippen LogP contribution < -0.4 is 10.2 Å². The lowest BCUT2D eigenvalue weighted by Gasteiger charge is -2.41. The number of hydrogen-bond donors (Lipinski definition) is 1. The van der Waals surface area contributed by atoms with Crippen LogP contribution in [0.4, 0.5) is 5.82 Å². The number of anilines is 1. The van der Waals surface area contributed by atoms with E-state index in [1.165, 1.54) is 25.7 Å². The minimum Gasteiger partial charge on any atom is -0.355 e. The van der Waals surface area contributed by atoms with Crippen molar-refractivity contribution in [2.45, 2.75) is 46.1 Å². The van der Waals surface area contributed by atoms with Crippen LogP contribution >= 0.6 is 0 Å². The first-order valence-electron chi connectivity index (χ1n) is 7.43. The van der Waals surface area contributed by atoms with Crippen LogP contribution in [0.3, 0.4) is 0 Å². The van der Waals surface area contributed by atoms with Gasteiger partial charge >= 0.3 is 0 Å². The van der Waals surface area contributed by atoms with Crippen LogP contribution in [-0.4, -0.2) is 30.1 Å². The summed E-state index contributed by atoms with van der Waals surface area (Å²) in [4.78, 5) is 11.4. The van der Waals surface area contributed by atoms with Gasteiger partial charge in [-0.2, -0.15) is 0 Å². The smallest absolute Gasteiger partial charge is 0.147 e. The number of rotatable bonds is 5. The molecule has 1 aliphatic heterocycles. The summed E-state index contributed by atoms with van der Waals surface area (Å²) >= 11 is 0. The predicted octanol–water partition coefficient (Wildman–Crippen LogP) is 2.60. The molecule has 1 saturated heterocycles. The van der Waals surface area contributed by atoms with Crippen LogP contribution in [0.1, 0.15) is 45.2 Å². The third kappa shape index (κ3) is 3.24. The van der Waals surface area contributed by atoms with Crippen LogP contribution in [0.25, 0.3) is 0 Å². The zero-order valence-corrected chi connectivity index (χ0v) is 12.4. The molecule has 0 spiro atoms. The fourth-order valence-corrected chi connectivity index (χ4v) is 2.95. The van der Waals surface area contributed by atoms with Crippen molar-refractivity contribution in [3.63, 3.8) is 0 Å². The molecule has 106 valence electrons. The van der Waals surface area contributed by atoms with Crippen molar-refractivity contribution in [2.75, 3.05) is 25.0 Å². The monoisotopic (exact) mass is 262 g/mol. The molecular formula is C15H26N4. The van der Waals surface area contributed by atoms with Crippen molar-refractivity contribution in [3.05, 3.63) is 18.1 Å². The van der Waals surface area contributed by atoms with Crippen LogP contribution in [0, 0.1) is 5.41 Å². The molecular weight excluding hydrogens is 236 g/mol. The van der Waals surface area contributed by atoms with Gasteiger partial charge in [0.05, 0.1) is 18.1 Å². The Bertz CT molecular complexity index is 374. The Morgan fingerprint density at radius 2 is 1.84 bits per heavy atom. The Labute approximate surface area is 116 Å². The van der Waals surface area contributed by atoms with Gasteiger partial charge < -0.3 is 10.2 Å². The highest BCUT2D eigenvalue weighted by atomic mass is 15.2. The van der Waals surface area contributed by atoms with E-state index in [2.05, 4.69) is 34.0 Å². The Kier molecular flexibility index (Phi) is 4.75. The number of hydrogen-bond acceptors (Lipinski definition) is 4. The molecule has 0 amide bonds. The first kappa shape index (κ1) is 14.3. The van der Waals surface area contributed by atoms with Crippen molar-refractivity contribution in [3.8, 4) is 0 Å². The lowest BCUT2D eigenvalue weighted by Crippen LogP contribution is -2.40. The highest BCUT2D eigenvalue weighted by molar-refractivity contribution is 5.36. The van der Waals surface area contributed by atoms with E-state index >= 15 is 0 Å². The summed E-state index contributed by atoms with van der Waals surface area (Å²) in [7, 11) is 1.93. The number of nitrogens with zero attached hydrogens (tertiary/aromatic N) is 3. The van der Waals surface area contributed by atoms with E-state index in [0.29, 0.717) is 5.41 Å². The molecule has 2 rings (SSSR count). The standard InChI is InChI=1S/C15H26N4/c1-4-15(5-2)6-8-19(9-7-15)14-12-17-13(10-16-3)11-18-14/h11-12,16H,4-10H2,1-3H3. The summed E-state index contributed by atoms with van der Waals surface area (Å²) in [5, 5.41) is 3.09. The molecule has 1 fully saturated rings. The number of piperidine rings is 1. The molecule has 19 heavy (non-hydrogen) atoms. The fraction of sp³-hybridized carbons (Fsp3) is 0.733. The average Bonchev–Trinajstić information content (AvgIpc) is 2.49. The summed E-state index contributed by atoms with van der Waals surface area (Å²) in [6, 6.07) is 0. The average molecular weight is 262 g/mol. The summed E-state index contributed by atoms with van der Waals surface area (Å²) in [6.45, 7) is 7.66. The van der Waals surface area contributed by atoms with Gasteiger partial charge in [0.1, 0.15) is 5.82 Å². The lowest BCUT2D eigenvalue weighted by atomic mass is 9.74. The molecule has 0 radical (unpaired) electrons. The van der Waals surface area contributed by atoms with Crippen LogP contribution in [-0.2, 0) is 6.54 Å². The summed E-state index contributed by atoms with van der Waals surface area (Å²) in [5.74, 6) is 1.03. The van der Waals surface area contributed by atoms with Crippen molar-refractivity contribution in [1.82, 2.24) is 15.3 Å². The van der Waals surface area contributed by atoms with Gasteiger partial charge in [-0.25, -0.2) is 4.98 Å². The van der Waals surface area contributed by atoms with E-state index in [-0.39, 0.29) is 0 Å². The summed E-state index contributed by atoms with van der Waals surface area (Å²) in [5.41, 5.74) is 1.57. The van der Waals surface area contributed by atoms with Crippen LogP contribution in [0.15, 0.2) is 12.4 Å². The van der Waals surface area contributed by atoms with Gasteiger partial charge in [0.15, 0.2) is 0 Å². The predicted molar refractivity (Wildman–Crippen MR) is 79.3 cm³/mol. The molecule has 0 aliphatic carbocycles. The normalized spacial score (nSPS) is 18.6. The van der Waals surface area contributed by atoms with Crippen molar-refractivity contribution in [1.29, 1.82) is 0 Å². The van der Waals surface area contributed by atoms with Gasteiger partial charge in [0, 0.05) is 19.6 Å². The summed E-state index contributed by atoms with van der Waals surface area (Å²) < 4.78 is 0. The maximum absolute atomic E-state index is 4.54. The molecule has 0 bridgehead atoms. The molecule has 4 heteroatoms. The van der Waals surface area contributed by atoms with E-state index in [9.17, 15) is 0 Å². The van der Waals surface area contributed by atoms with Crippen molar-refractivity contribution in [2.24, 2.45) is 5.41 Å². The molecule has 1 aromatic heterocycles. The van der Waals surface area contributed by atoms with E-state index in [1.54, 1.807) is 0 Å². The molecule has 0 saturated carbocycles. The molecule has 0 aromatic carbocycles. The fourth-order valence-electron chi connectivity index (χ4n) is 2.95. The van der Waals surface area contributed by atoms with Gasteiger partial charge in [-0.05, 0) is 25.3 Å². The first-order valence-corrected chi connectivity index (χ1v) is 7.43. The van der Waals surface area contributed by atoms with E-state index < -0.39 is 0 Å². The third-order valence-corrected chi connectivity index (χ3v) is 4.70. The SMILES string of the molecule is CCC1(CC)CCN(c2cnc(CNC)cn2)CC1. The molecule has 0 atom stereocenters. The molecule has 0 unspecified atom stereocenters. The maximum atomic E-state index is 4.54. The highest BCUT2D eigenvalue weighted by Gasteiger charge is 2.31. The molecule has 4 nitrogen and oxygen atoms in total. The van der Waals surface area contributed by atoms with E-state index in [0.717, 1.165) is 31.1 Å². The lowest BCUT2D eigenvalue weighted by molar-refractivity contribution is 0.199. The Morgan fingerprint density at radius 1 is 1.16 bits per heavy atom. The Hall–Kier alpha value is -1.16. The second kappa shape index (κ2) is 6.33. The number of aromatic nitrogens is 2. The minimum atomic E-state index is 0.565. The topological polar surface area (TPSA) is 41.1 Å². The summed E-state index contributed by atoms with van der Waals surface area (Å²) in [6.07, 6.45) is 8.94. The van der Waals surface area contributed by atoms with E-state index in [1.807, 2.05) is 19.4 Å². The first-order chi connectivity index (χ1) is 9.23. The third-order valence-electron chi connectivity index (χ3n) is 4.70. The van der Waals surface area contributed by atoms with Gasteiger partial charge in [0.25, 0.3) is 0 Å². The minimum absolute atomic E-state index is 0.565. The molecule has 2 heterocycles. The van der Waals surface area contributed by atoms with Gasteiger partial charge in [-0.15, -0.1) is 0 Å². The maximum Gasteiger partial charge on any atom is 0.147 e. The Balaban J connectivity index is 1.97. The molecule has 1 N–H and O–H groups in total. The molecule has 1 aliphatic rings. The zero-order valence-electron chi connectivity index (χ0n) is 12.4. The van der Waals surface area contributed by atoms with E-state index in [4.69, 9.17) is 0 Å².